The van der Waals surface area contributed by atoms with Crippen molar-refractivity contribution in [2.45, 2.75) is 58.9 Å². The van der Waals surface area contributed by atoms with Gasteiger partial charge >= 0.3 is 0 Å². The molecule has 1 N–H and O–H groups in total. The molecule has 0 fully saturated rings. The Morgan fingerprint density at radius 2 is 1.94 bits per heavy atom. The predicted molar refractivity (Wildman–Crippen MR) is 76.5 cm³/mol. The van der Waals surface area contributed by atoms with Crippen LogP contribution in [-0.2, 0) is 0 Å². The second-order valence-corrected chi connectivity index (χ2v) is 6.07. The molecular formula is C14H26N2S. The molecule has 1 atom stereocenters. The maximum absolute atomic E-state index is 4.32. The zero-order chi connectivity index (χ0) is 12.5. The van der Waals surface area contributed by atoms with Gasteiger partial charge in [0.1, 0.15) is 5.01 Å². The van der Waals surface area contributed by atoms with Crippen LogP contribution in [0.15, 0.2) is 11.6 Å². The van der Waals surface area contributed by atoms with Gasteiger partial charge in [0.25, 0.3) is 0 Å². The Labute approximate surface area is 110 Å². The first-order chi connectivity index (χ1) is 8.20. The molecule has 1 aromatic rings. The van der Waals surface area contributed by atoms with E-state index in [0.29, 0.717) is 6.04 Å². The van der Waals surface area contributed by atoms with Crippen molar-refractivity contribution in [2.24, 2.45) is 5.92 Å². The fraction of sp³-hybridized carbons (Fsp3) is 0.786. The predicted octanol–water partition coefficient (Wildman–Crippen LogP) is 4.40. The molecule has 0 aromatic carbocycles. The van der Waals surface area contributed by atoms with E-state index in [1.165, 1.54) is 37.1 Å². The number of nitrogens with one attached hydrogen (secondary N) is 1. The largest absolute Gasteiger partial charge is 0.308 e. The summed E-state index contributed by atoms with van der Waals surface area (Å²) in [5, 5.41) is 6.77. The van der Waals surface area contributed by atoms with Crippen molar-refractivity contribution in [1.82, 2.24) is 10.3 Å². The SMILES string of the molecule is CC(C)CCCCCCNC(C)c1nccs1. The van der Waals surface area contributed by atoms with Gasteiger partial charge in [-0.05, 0) is 25.8 Å². The van der Waals surface area contributed by atoms with Gasteiger partial charge in [-0.2, -0.15) is 0 Å². The summed E-state index contributed by atoms with van der Waals surface area (Å²) < 4.78 is 0. The molecule has 1 rings (SSSR count). The first kappa shape index (κ1) is 14.7. The summed E-state index contributed by atoms with van der Waals surface area (Å²) in [4.78, 5) is 4.32. The Morgan fingerprint density at radius 1 is 1.18 bits per heavy atom. The van der Waals surface area contributed by atoms with Crippen LogP contribution in [0.25, 0.3) is 0 Å². The number of hydrogen-bond donors (Lipinski definition) is 1. The molecule has 1 unspecified atom stereocenters. The number of thiazole rings is 1. The van der Waals surface area contributed by atoms with Crippen molar-refractivity contribution in [1.29, 1.82) is 0 Å². The molecule has 98 valence electrons. The van der Waals surface area contributed by atoms with Crippen molar-refractivity contribution in [3.05, 3.63) is 16.6 Å². The quantitative estimate of drug-likeness (QED) is 0.661. The highest BCUT2D eigenvalue weighted by atomic mass is 32.1. The van der Waals surface area contributed by atoms with E-state index in [4.69, 9.17) is 0 Å². The minimum atomic E-state index is 0.408. The molecule has 2 nitrogen and oxygen atoms in total. The van der Waals surface area contributed by atoms with Crippen LogP contribution in [0, 0.1) is 5.92 Å². The third-order valence-corrected chi connectivity index (χ3v) is 3.94. The average Bonchev–Trinajstić information content (AvgIpc) is 2.80. The van der Waals surface area contributed by atoms with Crippen molar-refractivity contribution in [2.75, 3.05) is 6.54 Å². The third-order valence-electron chi connectivity index (χ3n) is 2.98. The van der Waals surface area contributed by atoms with E-state index in [-0.39, 0.29) is 0 Å². The second-order valence-electron chi connectivity index (χ2n) is 5.14. The van der Waals surface area contributed by atoms with Crippen LogP contribution in [0.4, 0.5) is 0 Å². The summed E-state index contributed by atoms with van der Waals surface area (Å²) in [5.74, 6) is 0.859. The van der Waals surface area contributed by atoms with E-state index in [1.54, 1.807) is 11.3 Å². The van der Waals surface area contributed by atoms with Crippen LogP contribution >= 0.6 is 11.3 Å². The highest BCUT2D eigenvalue weighted by molar-refractivity contribution is 7.09. The molecule has 17 heavy (non-hydrogen) atoms. The van der Waals surface area contributed by atoms with Crippen LogP contribution in [-0.4, -0.2) is 11.5 Å². The van der Waals surface area contributed by atoms with Gasteiger partial charge in [0.2, 0.25) is 0 Å². The highest BCUT2D eigenvalue weighted by Gasteiger charge is 2.05. The summed E-state index contributed by atoms with van der Waals surface area (Å²) in [6.45, 7) is 7.91. The van der Waals surface area contributed by atoms with E-state index in [0.717, 1.165) is 12.5 Å². The molecule has 3 heteroatoms. The monoisotopic (exact) mass is 254 g/mol. The molecule has 0 aliphatic carbocycles. The van der Waals surface area contributed by atoms with Crippen molar-refractivity contribution in [3.8, 4) is 0 Å². The lowest BCUT2D eigenvalue weighted by Gasteiger charge is -2.10. The molecular weight excluding hydrogens is 228 g/mol. The molecule has 0 saturated carbocycles. The minimum Gasteiger partial charge on any atom is -0.308 e. The van der Waals surface area contributed by atoms with Gasteiger partial charge in [0, 0.05) is 11.6 Å². The van der Waals surface area contributed by atoms with Gasteiger partial charge < -0.3 is 5.32 Å². The van der Waals surface area contributed by atoms with E-state index < -0.39 is 0 Å². The lowest BCUT2D eigenvalue weighted by Crippen LogP contribution is -2.19. The second kappa shape index (κ2) is 8.65. The van der Waals surface area contributed by atoms with E-state index >= 15 is 0 Å². The number of hydrogen-bond acceptors (Lipinski definition) is 3. The summed E-state index contributed by atoms with van der Waals surface area (Å²) >= 11 is 1.73. The van der Waals surface area contributed by atoms with Crippen molar-refractivity contribution < 1.29 is 0 Å². The molecule has 0 amide bonds. The molecule has 1 heterocycles. The van der Waals surface area contributed by atoms with E-state index in [9.17, 15) is 0 Å². The number of nitrogens with zero attached hydrogens (tertiary/aromatic N) is 1. The fourth-order valence-electron chi connectivity index (χ4n) is 1.89. The molecule has 0 aliphatic rings. The van der Waals surface area contributed by atoms with Crippen LogP contribution in [0.3, 0.4) is 0 Å². The third kappa shape index (κ3) is 6.79. The first-order valence-electron chi connectivity index (χ1n) is 6.83. The Morgan fingerprint density at radius 3 is 2.59 bits per heavy atom. The molecule has 1 aromatic heterocycles. The summed E-state index contributed by atoms with van der Waals surface area (Å²) in [6.07, 6.45) is 8.66. The lowest BCUT2D eigenvalue weighted by molar-refractivity contribution is 0.498. The summed E-state index contributed by atoms with van der Waals surface area (Å²) in [5.41, 5.74) is 0. The Bertz CT molecular complexity index is 270. The Balaban J connectivity index is 1.94. The molecule has 0 spiro atoms. The van der Waals surface area contributed by atoms with Crippen LogP contribution in [0.5, 0.6) is 0 Å². The Hall–Kier alpha value is -0.410. The molecule has 0 saturated heterocycles. The summed E-state index contributed by atoms with van der Waals surface area (Å²) in [6, 6.07) is 0.408. The maximum Gasteiger partial charge on any atom is 0.109 e. The van der Waals surface area contributed by atoms with E-state index in [2.05, 4.69) is 31.1 Å². The fourth-order valence-corrected chi connectivity index (χ4v) is 2.56. The molecule has 0 aliphatic heterocycles. The smallest absolute Gasteiger partial charge is 0.109 e. The van der Waals surface area contributed by atoms with E-state index in [1.807, 2.05) is 11.6 Å². The lowest BCUT2D eigenvalue weighted by atomic mass is 10.0. The van der Waals surface area contributed by atoms with Gasteiger partial charge in [0.15, 0.2) is 0 Å². The van der Waals surface area contributed by atoms with Gasteiger partial charge in [-0.25, -0.2) is 4.98 Å². The highest BCUT2D eigenvalue weighted by Crippen LogP contribution is 2.14. The molecule has 0 radical (unpaired) electrons. The number of rotatable bonds is 9. The maximum atomic E-state index is 4.32. The van der Waals surface area contributed by atoms with Gasteiger partial charge in [-0.15, -0.1) is 11.3 Å². The zero-order valence-corrected chi connectivity index (χ0v) is 12.2. The van der Waals surface area contributed by atoms with Crippen molar-refractivity contribution in [3.63, 3.8) is 0 Å². The van der Waals surface area contributed by atoms with Gasteiger partial charge in [-0.1, -0.05) is 39.5 Å². The minimum absolute atomic E-state index is 0.408. The van der Waals surface area contributed by atoms with Crippen LogP contribution < -0.4 is 5.32 Å². The topological polar surface area (TPSA) is 24.9 Å². The Kier molecular flexibility index (Phi) is 7.45. The number of unbranched alkanes of at least 4 members (excludes halogenated alkanes) is 3. The standard InChI is InChI=1S/C14H26N2S/c1-12(2)8-6-4-5-7-9-15-13(3)14-16-10-11-17-14/h10-13,15H,4-9H2,1-3H3. The van der Waals surface area contributed by atoms with Crippen LogP contribution in [0.2, 0.25) is 0 Å². The van der Waals surface area contributed by atoms with Crippen molar-refractivity contribution >= 4 is 11.3 Å². The normalized spacial score (nSPS) is 13.2. The van der Waals surface area contributed by atoms with Gasteiger partial charge in [0.05, 0.1) is 6.04 Å². The average molecular weight is 254 g/mol. The summed E-state index contributed by atoms with van der Waals surface area (Å²) in [7, 11) is 0. The molecule has 0 bridgehead atoms. The zero-order valence-electron chi connectivity index (χ0n) is 11.4. The van der Waals surface area contributed by atoms with Gasteiger partial charge in [-0.3, -0.25) is 0 Å². The number of aromatic nitrogens is 1. The first-order valence-corrected chi connectivity index (χ1v) is 7.71. The van der Waals surface area contributed by atoms with Crippen LogP contribution in [0.1, 0.15) is 63.9 Å².